The molecule has 152 valence electrons. The number of aryl methyl sites for hydroxylation is 1. The van der Waals surface area contributed by atoms with Gasteiger partial charge in [0.25, 0.3) is 0 Å². The van der Waals surface area contributed by atoms with E-state index < -0.39 is 0 Å². The smallest absolute Gasteiger partial charge is 0.231 e. The van der Waals surface area contributed by atoms with Crippen LogP contribution in [0, 0.1) is 5.82 Å². The minimum Gasteiger partial charge on any atom is -0.508 e. The quantitative estimate of drug-likeness (QED) is 0.548. The fourth-order valence-electron chi connectivity index (χ4n) is 2.84. The van der Waals surface area contributed by atoms with Crippen LogP contribution >= 0.6 is 11.6 Å². The normalized spacial score (nSPS) is 10.7. The monoisotopic (exact) mass is 415 g/mol. The van der Waals surface area contributed by atoms with Crippen LogP contribution in [-0.2, 0) is 12.8 Å². The molecule has 0 unspecified atom stereocenters. The third-order valence-corrected chi connectivity index (χ3v) is 4.61. The van der Waals surface area contributed by atoms with Crippen LogP contribution < -0.4 is 10.2 Å². The van der Waals surface area contributed by atoms with E-state index in [1.807, 2.05) is 24.1 Å². The van der Waals surface area contributed by atoms with E-state index in [-0.39, 0.29) is 16.9 Å². The number of aromatic nitrogens is 3. The molecule has 1 heterocycles. The van der Waals surface area contributed by atoms with Gasteiger partial charge in [-0.1, -0.05) is 24.3 Å². The molecule has 0 bridgehead atoms. The number of halogens is 2. The molecule has 0 aliphatic rings. The minimum absolute atomic E-state index is 0.132. The Hall–Kier alpha value is -2.93. The van der Waals surface area contributed by atoms with Gasteiger partial charge in [0.05, 0.1) is 0 Å². The lowest BCUT2D eigenvalue weighted by Gasteiger charge is -2.17. The fraction of sp³-hybridized carbons (Fsp3) is 0.286. The summed E-state index contributed by atoms with van der Waals surface area (Å²) in [5.41, 5.74) is 2.18. The van der Waals surface area contributed by atoms with Crippen molar-refractivity contribution < 1.29 is 9.50 Å². The highest BCUT2D eigenvalue weighted by Crippen LogP contribution is 2.15. The lowest BCUT2D eigenvalue weighted by atomic mass is 10.1. The number of benzene rings is 2. The second-order valence-corrected chi connectivity index (χ2v) is 7.06. The fourth-order valence-corrected chi connectivity index (χ4v) is 3.00. The molecule has 3 aromatic rings. The van der Waals surface area contributed by atoms with Gasteiger partial charge in [-0.25, -0.2) is 4.39 Å². The Bertz CT molecular complexity index is 921. The molecule has 0 aliphatic carbocycles. The Morgan fingerprint density at radius 3 is 2.34 bits per heavy atom. The van der Waals surface area contributed by atoms with Gasteiger partial charge < -0.3 is 15.3 Å². The molecule has 2 N–H and O–H groups in total. The molecule has 6 nitrogen and oxygen atoms in total. The van der Waals surface area contributed by atoms with Gasteiger partial charge in [0.1, 0.15) is 11.6 Å². The van der Waals surface area contributed by atoms with Crippen molar-refractivity contribution in [3.63, 3.8) is 0 Å². The summed E-state index contributed by atoms with van der Waals surface area (Å²) < 4.78 is 13.0. The predicted octanol–water partition coefficient (Wildman–Crippen LogP) is 4.09. The van der Waals surface area contributed by atoms with Crippen LogP contribution in [0.1, 0.15) is 17.5 Å². The zero-order valence-electron chi connectivity index (χ0n) is 16.1. The van der Waals surface area contributed by atoms with Crippen LogP contribution in [0.15, 0.2) is 48.5 Å². The highest BCUT2D eigenvalue weighted by atomic mass is 35.5. The Labute approximate surface area is 174 Å². The molecule has 1 aromatic heterocycles. The van der Waals surface area contributed by atoms with Crippen LogP contribution in [0.5, 0.6) is 5.75 Å². The number of anilines is 2. The summed E-state index contributed by atoms with van der Waals surface area (Å²) in [5.74, 6) is 0.939. The van der Waals surface area contributed by atoms with Gasteiger partial charge in [-0.15, -0.1) is 0 Å². The number of hydrogen-bond acceptors (Lipinski definition) is 6. The summed E-state index contributed by atoms with van der Waals surface area (Å²) in [6.45, 7) is 1.35. The van der Waals surface area contributed by atoms with Gasteiger partial charge in [-0.3, -0.25) is 0 Å². The summed E-state index contributed by atoms with van der Waals surface area (Å²) in [5, 5.41) is 12.6. The SMILES string of the molecule is CN(CCCc1ccc(F)cc1)c1nc(Cl)nc(NCCc2ccc(O)cc2)n1. The van der Waals surface area contributed by atoms with Crippen molar-refractivity contribution in [1.29, 1.82) is 0 Å². The van der Waals surface area contributed by atoms with Crippen molar-refractivity contribution in [2.45, 2.75) is 19.3 Å². The largest absolute Gasteiger partial charge is 0.508 e. The Morgan fingerprint density at radius 2 is 1.62 bits per heavy atom. The van der Waals surface area contributed by atoms with E-state index >= 15 is 0 Å². The van der Waals surface area contributed by atoms with Crippen molar-refractivity contribution in [1.82, 2.24) is 15.0 Å². The Balaban J connectivity index is 1.51. The molecule has 29 heavy (non-hydrogen) atoms. The van der Waals surface area contributed by atoms with Crippen LogP contribution in [0.25, 0.3) is 0 Å². The molecule has 0 radical (unpaired) electrons. The lowest BCUT2D eigenvalue weighted by molar-refractivity contribution is 0.475. The molecule has 0 atom stereocenters. The van der Waals surface area contributed by atoms with E-state index in [1.165, 1.54) is 12.1 Å². The Kier molecular flexibility index (Phi) is 7.19. The van der Waals surface area contributed by atoms with Gasteiger partial charge in [-0.2, -0.15) is 15.0 Å². The molecule has 0 saturated heterocycles. The summed E-state index contributed by atoms with van der Waals surface area (Å²) in [6.07, 6.45) is 2.46. The topological polar surface area (TPSA) is 74.2 Å². The molecule has 0 spiro atoms. The molecular weight excluding hydrogens is 393 g/mol. The van der Waals surface area contributed by atoms with Gasteiger partial charge in [0.2, 0.25) is 17.2 Å². The molecule has 0 amide bonds. The van der Waals surface area contributed by atoms with E-state index in [4.69, 9.17) is 11.6 Å². The predicted molar refractivity (Wildman–Crippen MR) is 113 cm³/mol. The van der Waals surface area contributed by atoms with Gasteiger partial charge in [0.15, 0.2) is 0 Å². The van der Waals surface area contributed by atoms with Crippen LogP contribution in [0.4, 0.5) is 16.3 Å². The van der Waals surface area contributed by atoms with Crippen molar-refractivity contribution in [2.24, 2.45) is 0 Å². The van der Waals surface area contributed by atoms with E-state index in [2.05, 4.69) is 20.3 Å². The van der Waals surface area contributed by atoms with Crippen LogP contribution in [-0.4, -0.2) is 40.2 Å². The van der Waals surface area contributed by atoms with Crippen molar-refractivity contribution >= 4 is 23.5 Å². The first kappa shape index (κ1) is 20.8. The number of nitrogens with one attached hydrogen (secondary N) is 1. The van der Waals surface area contributed by atoms with E-state index in [0.29, 0.717) is 18.4 Å². The second-order valence-electron chi connectivity index (χ2n) is 6.72. The zero-order chi connectivity index (χ0) is 20.6. The average Bonchev–Trinajstić information content (AvgIpc) is 2.70. The first-order valence-electron chi connectivity index (χ1n) is 9.38. The molecule has 0 saturated carbocycles. The third-order valence-electron chi connectivity index (χ3n) is 4.44. The van der Waals surface area contributed by atoms with Crippen molar-refractivity contribution in [3.8, 4) is 5.75 Å². The maximum atomic E-state index is 13.0. The first-order valence-corrected chi connectivity index (χ1v) is 9.76. The van der Waals surface area contributed by atoms with Crippen molar-refractivity contribution in [3.05, 3.63) is 70.8 Å². The highest BCUT2D eigenvalue weighted by Gasteiger charge is 2.09. The maximum Gasteiger partial charge on any atom is 0.231 e. The van der Waals surface area contributed by atoms with Gasteiger partial charge in [0, 0.05) is 20.1 Å². The van der Waals surface area contributed by atoms with Crippen molar-refractivity contribution in [2.75, 3.05) is 30.4 Å². The highest BCUT2D eigenvalue weighted by molar-refractivity contribution is 6.28. The molecule has 0 fully saturated rings. The number of nitrogens with zero attached hydrogens (tertiary/aromatic N) is 4. The van der Waals surface area contributed by atoms with Gasteiger partial charge >= 0.3 is 0 Å². The molecule has 0 aliphatic heterocycles. The number of hydrogen-bond donors (Lipinski definition) is 2. The molecule has 3 rings (SSSR count). The van der Waals surface area contributed by atoms with E-state index in [9.17, 15) is 9.50 Å². The van der Waals surface area contributed by atoms with E-state index in [0.717, 1.165) is 36.9 Å². The summed E-state index contributed by atoms with van der Waals surface area (Å²) in [4.78, 5) is 14.7. The third kappa shape index (κ3) is 6.57. The number of phenolic OH excluding ortho intramolecular Hbond substituents is 1. The Morgan fingerprint density at radius 1 is 0.966 bits per heavy atom. The number of rotatable bonds is 9. The number of aromatic hydroxyl groups is 1. The lowest BCUT2D eigenvalue weighted by Crippen LogP contribution is -2.22. The standard InChI is InChI=1S/C21H23ClFN5O/c1-28(14-2-3-15-4-8-17(23)9-5-15)21-26-19(22)25-20(27-21)24-13-12-16-6-10-18(29)11-7-16/h4-11,29H,2-3,12-14H2,1H3,(H,24,25,26,27). The molecular formula is C21H23ClFN5O. The number of phenols is 1. The maximum absolute atomic E-state index is 13.0. The summed E-state index contributed by atoms with van der Waals surface area (Å²) in [6, 6.07) is 13.6. The summed E-state index contributed by atoms with van der Waals surface area (Å²) in [7, 11) is 1.90. The van der Waals surface area contributed by atoms with E-state index in [1.54, 1.807) is 24.3 Å². The minimum atomic E-state index is -0.226. The summed E-state index contributed by atoms with van der Waals surface area (Å²) >= 11 is 6.06. The second kappa shape index (κ2) is 10.0. The van der Waals surface area contributed by atoms with Crippen LogP contribution in [0.3, 0.4) is 0 Å². The first-order chi connectivity index (χ1) is 14.0. The zero-order valence-corrected chi connectivity index (χ0v) is 16.9. The average molecular weight is 416 g/mol. The molecule has 2 aromatic carbocycles. The van der Waals surface area contributed by atoms with Gasteiger partial charge in [-0.05, 0) is 66.3 Å². The molecule has 8 heteroatoms. The van der Waals surface area contributed by atoms with Crippen LogP contribution in [0.2, 0.25) is 5.28 Å².